The summed E-state index contributed by atoms with van der Waals surface area (Å²) >= 11 is 0. The third-order valence-corrected chi connectivity index (χ3v) is 4.50. The lowest BCUT2D eigenvalue weighted by atomic mass is 10.3. The molecular formula is C12H19N3O3S. The molecule has 3 N–H and O–H groups in total. The van der Waals surface area contributed by atoms with Gasteiger partial charge in [-0.3, -0.25) is 4.79 Å². The largest absolute Gasteiger partial charge is 0.399 e. The number of likely N-dealkylation sites (N-methyl/N-ethyl adjacent to an activating group) is 2. The lowest BCUT2D eigenvalue weighted by Crippen LogP contribution is -2.40. The van der Waals surface area contributed by atoms with Gasteiger partial charge in [0, 0.05) is 18.8 Å². The summed E-state index contributed by atoms with van der Waals surface area (Å²) in [6, 6.07) is 5.91. The van der Waals surface area contributed by atoms with Crippen LogP contribution in [0.4, 0.5) is 5.69 Å². The van der Waals surface area contributed by atoms with E-state index >= 15 is 0 Å². The van der Waals surface area contributed by atoms with Crippen molar-refractivity contribution in [3.05, 3.63) is 24.3 Å². The standard InChI is InChI=1S/C12H19N3O3S/c1-3-14-12(16)9-15(4-2)19(17,18)11-7-5-10(13)6-8-11/h5-8H,3-4,9,13H2,1-2H3,(H,14,16). The van der Waals surface area contributed by atoms with Gasteiger partial charge in [0.15, 0.2) is 0 Å². The Morgan fingerprint density at radius 2 is 1.84 bits per heavy atom. The molecular weight excluding hydrogens is 266 g/mol. The maximum atomic E-state index is 12.3. The average Bonchev–Trinajstić information content (AvgIpc) is 2.36. The Kier molecular flexibility index (Phi) is 5.31. The molecule has 0 aliphatic heterocycles. The van der Waals surface area contributed by atoms with E-state index in [0.717, 1.165) is 4.31 Å². The van der Waals surface area contributed by atoms with Crippen LogP contribution in [-0.2, 0) is 14.8 Å². The van der Waals surface area contributed by atoms with E-state index in [4.69, 9.17) is 5.73 Å². The fourth-order valence-electron chi connectivity index (χ4n) is 1.57. The van der Waals surface area contributed by atoms with Gasteiger partial charge in [0.1, 0.15) is 0 Å². The normalized spacial score (nSPS) is 11.5. The molecule has 1 aromatic rings. The smallest absolute Gasteiger partial charge is 0.243 e. The van der Waals surface area contributed by atoms with Crippen molar-refractivity contribution in [2.24, 2.45) is 0 Å². The van der Waals surface area contributed by atoms with Crippen LogP contribution in [0.2, 0.25) is 0 Å². The first-order valence-electron chi connectivity index (χ1n) is 6.04. The number of anilines is 1. The zero-order valence-corrected chi connectivity index (χ0v) is 11.9. The minimum Gasteiger partial charge on any atom is -0.399 e. The Balaban J connectivity index is 2.95. The van der Waals surface area contributed by atoms with Crippen molar-refractivity contribution < 1.29 is 13.2 Å². The molecule has 0 fully saturated rings. The second kappa shape index (κ2) is 6.53. The minimum absolute atomic E-state index is 0.132. The molecule has 0 aliphatic carbocycles. The molecule has 0 unspecified atom stereocenters. The molecule has 19 heavy (non-hydrogen) atoms. The van der Waals surface area contributed by atoms with Gasteiger partial charge in [-0.1, -0.05) is 6.92 Å². The number of nitrogen functional groups attached to an aromatic ring is 1. The minimum atomic E-state index is -3.66. The van der Waals surface area contributed by atoms with Gasteiger partial charge >= 0.3 is 0 Å². The highest BCUT2D eigenvalue weighted by molar-refractivity contribution is 7.89. The first kappa shape index (κ1) is 15.5. The molecule has 1 aromatic carbocycles. The van der Waals surface area contributed by atoms with Crippen molar-refractivity contribution in [1.29, 1.82) is 0 Å². The molecule has 0 radical (unpaired) electrons. The predicted octanol–water partition coefficient (Wildman–Crippen LogP) is 0.416. The Hall–Kier alpha value is -1.60. The third kappa shape index (κ3) is 3.93. The van der Waals surface area contributed by atoms with Gasteiger partial charge in [0.05, 0.1) is 11.4 Å². The van der Waals surface area contributed by atoms with Crippen LogP contribution >= 0.6 is 0 Å². The van der Waals surface area contributed by atoms with Crippen molar-refractivity contribution in [2.45, 2.75) is 18.7 Å². The summed E-state index contributed by atoms with van der Waals surface area (Å²) in [4.78, 5) is 11.6. The Morgan fingerprint density at radius 3 is 2.32 bits per heavy atom. The molecule has 0 atom stereocenters. The van der Waals surface area contributed by atoms with Gasteiger partial charge in [-0.25, -0.2) is 8.42 Å². The fourth-order valence-corrected chi connectivity index (χ4v) is 2.97. The van der Waals surface area contributed by atoms with Crippen LogP contribution in [0.5, 0.6) is 0 Å². The van der Waals surface area contributed by atoms with Crippen molar-refractivity contribution >= 4 is 21.6 Å². The quantitative estimate of drug-likeness (QED) is 0.741. The van der Waals surface area contributed by atoms with Gasteiger partial charge in [-0.05, 0) is 31.2 Å². The Labute approximate surface area is 113 Å². The van der Waals surface area contributed by atoms with Gasteiger partial charge in [-0.2, -0.15) is 4.31 Å². The summed E-state index contributed by atoms with van der Waals surface area (Å²) in [6.07, 6.45) is 0. The topological polar surface area (TPSA) is 92.5 Å². The lowest BCUT2D eigenvalue weighted by Gasteiger charge is -2.19. The van der Waals surface area contributed by atoms with E-state index in [1.54, 1.807) is 13.8 Å². The molecule has 1 rings (SSSR count). The van der Waals surface area contributed by atoms with E-state index in [2.05, 4.69) is 5.32 Å². The number of nitrogens with two attached hydrogens (primary N) is 1. The number of carbonyl (C=O) groups excluding carboxylic acids is 1. The number of nitrogens with zero attached hydrogens (tertiary/aromatic N) is 1. The predicted molar refractivity (Wildman–Crippen MR) is 74.0 cm³/mol. The number of amides is 1. The Bertz CT molecular complexity index is 526. The van der Waals surface area contributed by atoms with Gasteiger partial charge < -0.3 is 11.1 Å². The van der Waals surface area contributed by atoms with Crippen LogP contribution < -0.4 is 11.1 Å². The van der Waals surface area contributed by atoms with E-state index in [1.165, 1.54) is 24.3 Å². The summed E-state index contributed by atoms with van der Waals surface area (Å²) in [7, 11) is -3.66. The number of hydrogen-bond acceptors (Lipinski definition) is 4. The molecule has 0 saturated carbocycles. The number of nitrogens with one attached hydrogen (secondary N) is 1. The molecule has 7 heteroatoms. The van der Waals surface area contributed by atoms with Crippen molar-refractivity contribution in [2.75, 3.05) is 25.4 Å². The third-order valence-electron chi connectivity index (χ3n) is 2.56. The molecule has 106 valence electrons. The first-order chi connectivity index (χ1) is 8.91. The summed E-state index contributed by atoms with van der Waals surface area (Å²) in [5.41, 5.74) is 6.02. The first-order valence-corrected chi connectivity index (χ1v) is 7.48. The van der Waals surface area contributed by atoms with E-state index < -0.39 is 10.0 Å². The molecule has 0 bridgehead atoms. The van der Waals surface area contributed by atoms with Gasteiger partial charge in [-0.15, -0.1) is 0 Å². The summed E-state index contributed by atoms with van der Waals surface area (Å²) in [5, 5.41) is 2.58. The maximum absolute atomic E-state index is 12.3. The van der Waals surface area contributed by atoms with Crippen LogP contribution in [-0.4, -0.2) is 38.3 Å². The van der Waals surface area contributed by atoms with E-state index in [9.17, 15) is 13.2 Å². The highest BCUT2D eigenvalue weighted by Gasteiger charge is 2.24. The number of carbonyl (C=O) groups is 1. The maximum Gasteiger partial charge on any atom is 0.243 e. The summed E-state index contributed by atoms with van der Waals surface area (Å²) in [6.45, 7) is 3.98. The average molecular weight is 285 g/mol. The number of rotatable bonds is 6. The van der Waals surface area contributed by atoms with E-state index in [0.29, 0.717) is 12.2 Å². The zero-order chi connectivity index (χ0) is 14.5. The zero-order valence-electron chi connectivity index (χ0n) is 11.1. The molecule has 0 aliphatic rings. The molecule has 0 spiro atoms. The Morgan fingerprint density at radius 1 is 1.26 bits per heavy atom. The summed E-state index contributed by atoms with van der Waals surface area (Å²) < 4.78 is 25.8. The molecule has 1 amide bonds. The number of hydrogen-bond donors (Lipinski definition) is 2. The van der Waals surface area contributed by atoms with Crippen molar-refractivity contribution in [3.8, 4) is 0 Å². The lowest BCUT2D eigenvalue weighted by molar-refractivity contribution is -0.121. The number of sulfonamides is 1. The van der Waals surface area contributed by atoms with Gasteiger partial charge in [0.2, 0.25) is 15.9 Å². The molecule has 0 heterocycles. The summed E-state index contributed by atoms with van der Waals surface area (Å²) in [5.74, 6) is -0.316. The van der Waals surface area contributed by atoms with Gasteiger partial charge in [0.25, 0.3) is 0 Å². The van der Waals surface area contributed by atoms with E-state index in [1.807, 2.05) is 0 Å². The van der Waals surface area contributed by atoms with E-state index in [-0.39, 0.29) is 23.9 Å². The second-order valence-electron chi connectivity index (χ2n) is 3.95. The fraction of sp³-hybridized carbons (Fsp3) is 0.417. The van der Waals surface area contributed by atoms with Crippen molar-refractivity contribution in [1.82, 2.24) is 9.62 Å². The van der Waals surface area contributed by atoms with Crippen LogP contribution in [0.1, 0.15) is 13.8 Å². The highest BCUT2D eigenvalue weighted by atomic mass is 32.2. The van der Waals surface area contributed by atoms with Crippen molar-refractivity contribution in [3.63, 3.8) is 0 Å². The molecule has 0 saturated heterocycles. The van der Waals surface area contributed by atoms with Crippen LogP contribution in [0, 0.1) is 0 Å². The van der Waals surface area contributed by atoms with Crippen LogP contribution in [0.25, 0.3) is 0 Å². The SMILES string of the molecule is CCNC(=O)CN(CC)S(=O)(=O)c1ccc(N)cc1. The van der Waals surface area contributed by atoms with Crippen LogP contribution in [0.3, 0.4) is 0 Å². The second-order valence-corrected chi connectivity index (χ2v) is 5.89. The molecule has 0 aromatic heterocycles. The van der Waals surface area contributed by atoms with Crippen LogP contribution in [0.15, 0.2) is 29.2 Å². The monoisotopic (exact) mass is 285 g/mol. The molecule has 6 nitrogen and oxygen atoms in total. The highest BCUT2D eigenvalue weighted by Crippen LogP contribution is 2.16. The number of benzene rings is 1.